The van der Waals surface area contributed by atoms with Crippen molar-refractivity contribution in [1.29, 1.82) is 0 Å². The summed E-state index contributed by atoms with van der Waals surface area (Å²) in [6, 6.07) is 11.9. The first-order valence-electron chi connectivity index (χ1n) is 10.8. The third-order valence-corrected chi connectivity index (χ3v) is 6.79. The molecule has 2 atom stereocenters. The highest BCUT2D eigenvalue weighted by molar-refractivity contribution is 8.00. The largest absolute Gasteiger partial charge is 0.416 e. The van der Waals surface area contributed by atoms with Crippen LogP contribution in [0.1, 0.15) is 56.0 Å². The Morgan fingerprint density at radius 2 is 1.78 bits per heavy atom. The van der Waals surface area contributed by atoms with Gasteiger partial charge in [0.2, 0.25) is 11.8 Å². The van der Waals surface area contributed by atoms with Crippen molar-refractivity contribution in [3.8, 4) is 0 Å². The fraction of sp³-hybridized carbons (Fsp3) is 0.417. The Morgan fingerprint density at radius 1 is 1.12 bits per heavy atom. The van der Waals surface area contributed by atoms with Crippen molar-refractivity contribution in [3.63, 3.8) is 0 Å². The molecule has 1 fully saturated rings. The second-order valence-electron chi connectivity index (χ2n) is 7.83. The molecule has 2 amide bonds. The topological polar surface area (TPSA) is 49.4 Å². The minimum absolute atomic E-state index is 0.00509. The average Bonchev–Trinajstić information content (AvgIpc) is 3.15. The maximum Gasteiger partial charge on any atom is 0.416 e. The third-order valence-electron chi connectivity index (χ3n) is 5.57. The highest BCUT2D eigenvalue weighted by Gasteiger charge is 2.35. The number of thioether (sulfide) groups is 1. The molecule has 3 rings (SSSR count). The van der Waals surface area contributed by atoms with E-state index < -0.39 is 11.7 Å². The summed E-state index contributed by atoms with van der Waals surface area (Å²) >= 11 is 1.42. The lowest BCUT2D eigenvalue weighted by Gasteiger charge is -2.25. The van der Waals surface area contributed by atoms with Crippen molar-refractivity contribution < 1.29 is 22.8 Å². The molecular formula is C24H27F3N2O2S. The van der Waals surface area contributed by atoms with Gasteiger partial charge in [-0.15, -0.1) is 11.8 Å². The van der Waals surface area contributed by atoms with Gasteiger partial charge in [-0.25, -0.2) is 0 Å². The van der Waals surface area contributed by atoms with Crippen molar-refractivity contribution in [3.05, 3.63) is 59.7 Å². The molecule has 0 saturated carbocycles. The monoisotopic (exact) mass is 464 g/mol. The van der Waals surface area contributed by atoms with Gasteiger partial charge in [-0.2, -0.15) is 13.2 Å². The Hall–Kier alpha value is -2.48. The molecule has 0 spiro atoms. The van der Waals surface area contributed by atoms with Gasteiger partial charge in [0.15, 0.2) is 0 Å². The maximum absolute atomic E-state index is 12.9. The normalized spacial score (nSPS) is 17.5. The van der Waals surface area contributed by atoms with Gasteiger partial charge < -0.3 is 5.32 Å². The molecular weight excluding hydrogens is 437 g/mol. The van der Waals surface area contributed by atoms with Crippen molar-refractivity contribution >= 4 is 35.0 Å². The molecule has 1 saturated heterocycles. The van der Waals surface area contributed by atoms with Crippen LogP contribution in [0.3, 0.4) is 0 Å². The number of carbonyl (C=O) groups is 2. The Balaban J connectivity index is 1.73. The molecule has 1 N–H and O–H groups in total. The summed E-state index contributed by atoms with van der Waals surface area (Å²) in [4.78, 5) is 26.5. The highest BCUT2D eigenvalue weighted by atomic mass is 32.2. The van der Waals surface area contributed by atoms with E-state index in [9.17, 15) is 22.8 Å². The first kappa shape index (κ1) is 24.2. The van der Waals surface area contributed by atoms with Crippen LogP contribution in [-0.4, -0.2) is 17.6 Å². The molecule has 2 aromatic carbocycles. The van der Waals surface area contributed by atoms with Gasteiger partial charge in [0.05, 0.1) is 11.3 Å². The number of carbonyl (C=O) groups excluding carboxylic acids is 2. The number of amides is 2. The lowest BCUT2D eigenvalue weighted by Crippen LogP contribution is -2.28. The van der Waals surface area contributed by atoms with Crippen LogP contribution in [0.5, 0.6) is 0 Å². The van der Waals surface area contributed by atoms with E-state index in [1.807, 2.05) is 19.1 Å². The number of halogens is 3. The first-order chi connectivity index (χ1) is 15.2. The first-order valence-corrected chi connectivity index (χ1v) is 11.8. The standard InChI is InChI=1S/C24H27F3N2O2S/c1-3-5-6-16(4-2)22(31)28-19-11-7-17(8-12-19)23-29(21(30)15-32-23)20-13-9-18(10-14-20)24(25,26)27/h7-14,16,23H,3-6,15H2,1-2H3,(H,28,31)/t16-,23+/m0/s1. The Kier molecular flexibility index (Phi) is 7.87. The van der Waals surface area contributed by atoms with Gasteiger partial charge in [0, 0.05) is 17.3 Å². The molecule has 0 bridgehead atoms. The quantitative estimate of drug-likeness (QED) is 0.476. The molecule has 8 heteroatoms. The van der Waals surface area contributed by atoms with E-state index in [-0.39, 0.29) is 28.9 Å². The number of anilines is 2. The molecule has 1 heterocycles. The molecule has 0 aliphatic carbocycles. The molecule has 32 heavy (non-hydrogen) atoms. The predicted octanol–water partition coefficient (Wildman–Crippen LogP) is 6.64. The van der Waals surface area contributed by atoms with Crippen LogP contribution < -0.4 is 10.2 Å². The summed E-state index contributed by atoms with van der Waals surface area (Å²) in [7, 11) is 0. The van der Waals surface area contributed by atoms with Gasteiger partial charge in [-0.1, -0.05) is 38.8 Å². The van der Waals surface area contributed by atoms with E-state index in [0.29, 0.717) is 11.4 Å². The minimum Gasteiger partial charge on any atom is -0.326 e. The van der Waals surface area contributed by atoms with E-state index in [4.69, 9.17) is 0 Å². The number of alkyl halides is 3. The molecule has 1 aliphatic heterocycles. The Morgan fingerprint density at radius 3 is 2.34 bits per heavy atom. The van der Waals surface area contributed by atoms with E-state index >= 15 is 0 Å². The highest BCUT2D eigenvalue weighted by Crippen LogP contribution is 2.42. The molecule has 0 unspecified atom stereocenters. The molecule has 172 valence electrons. The van der Waals surface area contributed by atoms with Crippen LogP contribution in [0.15, 0.2) is 48.5 Å². The van der Waals surface area contributed by atoms with E-state index in [2.05, 4.69) is 12.2 Å². The Bertz CT molecular complexity index is 930. The minimum atomic E-state index is -4.42. The van der Waals surface area contributed by atoms with Crippen LogP contribution >= 0.6 is 11.8 Å². The fourth-order valence-electron chi connectivity index (χ4n) is 3.71. The smallest absolute Gasteiger partial charge is 0.326 e. The van der Waals surface area contributed by atoms with Crippen LogP contribution in [0, 0.1) is 5.92 Å². The maximum atomic E-state index is 12.9. The van der Waals surface area contributed by atoms with Crippen LogP contribution in [0.4, 0.5) is 24.5 Å². The van der Waals surface area contributed by atoms with Crippen molar-refractivity contribution in [2.24, 2.45) is 5.92 Å². The number of nitrogens with zero attached hydrogens (tertiary/aromatic N) is 1. The fourth-order valence-corrected chi connectivity index (χ4v) is 4.88. The molecule has 1 aliphatic rings. The predicted molar refractivity (Wildman–Crippen MR) is 123 cm³/mol. The molecule has 0 radical (unpaired) electrons. The van der Waals surface area contributed by atoms with Gasteiger partial charge in [-0.05, 0) is 54.8 Å². The summed E-state index contributed by atoms with van der Waals surface area (Å²) in [6.07, 6.45) is -0.717. The molecule has 0 aromatic heterocycles. The summed E-state index contributed by atoms with van der Waals surface area (Å²) in [6.45, 7) is 4.11. The zero-order valence-corrected chi connectivity index (χ0v) is 18.9. The van der Waals surface area contributed by atoms with Crippen molar-refractivity contribution in [2.75, 3.05) is 16.0 Å². The van der Waals surface area contributed by atoms with Crippen LogP contribution in [0.25, 0.3) is 0 Å². The number of rotatable bonds is 8. The number of hydrogen-bond acceptors (Lipinski definition) is 3. The number of hydrogen-bond donors (Lipinski definition) is 1. The summed E-state index contributed by atoms with van der Waals surface area (Å²) in [5.41, 5.74) is 1.21. The van der Waals surface area contributed by atoms with Crippen LogP contribution in [-0.2, 0) is 15.8 Å². The van der Waals surface area contributed by atoms with Gasteiger partial charge in [0.1, 0.15) is 5.37 Å². The second kappa shape index (κ2) is 10.4. The average molecular weight is 465 g/mol. The van der Waals surface area contributed by atoms with Crippen molar-refractivity contribution in [1.82, 2.24) is 0 Å². The number of benzene rings is 2. The van der Waals surface area contributed by atoms with Crippen molar-refractivity contribution in [2.45, 2.75) is 51.1 Å². The van der Waals surface area contributed by atoms with E-state index in [1.54, 1.807) is 12.1 Å². The molecule has 2 aromatic rings. The van der Waals surface area contributed by atoms with Crippen LogP contribution in [0.2, 0.25) is 0 Å². The van der Waals surface area contributed by atoms with Gasteiger partial charge >= 0.3 is 6.18 Å². The second-order valence-corrected chi connectivity index (χ2v) is 8.90. The number of unbranched alkanes of at least 4 members (excludes halogenated alkanes) is 1. The summed E-state index contributed by atoms with van der Waals surface area (Å²) in [5.74, 6) is 0.0805. The lowest BCUT2D eigenvalue weighted by molar-refractivity contribution is -0.137. The van der Waals surface area contributed by atoms with Gasteiger partial charge in [0.25, 0.3) is 0 Å². The Labute approximate surface area is 190 Å². The summed E-state index contributed by atoms with van der Waals surface area (Å²) < 4.78 is 38.6. The third kappa shape index (κ3) is 5.65. The SMILES string of the molecule is CCCC[C@H](CC)C(=O)Nc1ccc([C@H]2SCC(=O)N2c2ccc(C(F)(F)F)cc2)cc1. The number of nitrogens with one attached hydrogen (secondary N) is 1. The van der Waals surface area contributed by atoms with E-state index in [1.165, 1.54) is 28.8 Å². The zero-order chi connectivity index (χ0) is 23.3. The lowest BCUT2D eigenvalue weighted by atomic mass is 9.98. The van der Waals surface area contributed by atoms with E-state index in [0.717, 1.165) is 43.4 Å². The zero-order valence-electron chi connectivity index (χ0n) is 18.1. The van der Waals surface area contributed by atoms with Gasteiger partial charge in [-0.3, -0.25) is 14.5 Å². The summed E-state index contributed by atoms with van der Waals surface area (Å²) in [5, 5.41) is 2.62. The molecule has 4 nitrogen and oxygen atoms in total.